The molecule has 0 fully saturated rings. The smallest absolute Gasteiger partial charge is 0.320 e. The number of anilines is 1. The van der Waals surface area contributed by atoms with E-state index in [1.807, 2.05) is 54.6 Å². The number of urea groups is 1. The number of hydrogen-bond donors (Lipinski definition) is 2. The molecular formula is C14H12N2O. The van der Waals surface area contributed by atoms with Crippen LogP contribution in [0.25, 0.3) is 0 Å². The summed E-state index contributed by atoms with van der Waals surface area (Å²) in [5.41, 5.74) is 3.07. The zero-order valence-electron chi connectivity index (χ0n) is 9.18. The number of nitrogens with one attached hydrogen (secondary N) is 2. The minimum atomic E-state index is -0.155. The van der Waals surface area contributed by atoms with Crippen LogP contribution in [0, 0.1) is 0 Å². The summed E-state index contributed by atoms with van der Waals surface area (Å²) in [4.78, 5) is 11.6. The van der Waals surface area contributed by atoms with E-state index in [2.05, 4.69) is 10.6 Å². The summed E-state index contributed by atoms with van der Waals surface area (Å²) in [6.07, 6.45) is 0. The first-order valence-electron chi connectivity index (χ1n) is 5.56. The second kappa shape index (κ2) is 3.94. The molecule has 0 aromatic heterocycles. The highest BCUT2D eigenvalue weighted by Gasteiger charge is 2.24. The third-order valence-corrected chi connectivity index (χ3v) is 2.93. The quantitative estimate of drug-likeness (QED) is 0.768. The SMILES string of the molecule is O=C1Nc2ccccc2[C@@H](c2ccccc2)N1. The molecule has 0 radical (unpaired) electrons. The van der Waals surface area contributed by atoms with Crippen LogP contribution in [0.4, 0.5) is 10.5 Å². The van der Waals surface area contributed by atoms with E-state index in [0.29, 0.717) is 0 Å². The Hall–Kier alpha value is -2.29. The predicted molar refractivity (Wildman–Crippen MR) is 66.9 cm³/mol. The van der Waals surface area contributed by atoms with Gasteiger partial charge in [0.25, 0.3) is 0 Å². The van der Waals surface area contributed by atoms with Gasteiger partial charge in [-0.25, -0.2) is 4.79 Å². The summed E-state index contributed by atoms with van der Waals surface area (Å²) in [6.45, 7) is 0. The summed E-state index contributed by atoms with van der Waals surface area (Å²) in [5, 5.41) is 5.75. The first-order chi connectivity index (χ1) is 8.34. The van der Waals surface area contributed by atoms with Gasteiger partial charge in [-0.1, -0.05) is 48.5 Å². The number of hydrogen-bond acceptors (Lipinski definition) is 1. The molecule has 0 saturated carbocycles. The van der Waals surface area contributed by atoms with Crippen LogP contribution in [-0.2, 0) is 0 Å². The Bertz CT molecular complexity index is 551. The van der Waals surface area contributed by atoms with Gasteiger partial charge in [0.15, 0.2) is 0 Å². The lowest BCUT2D eigenvalue weighted by Crippen LogP contribution is -2.38. The van der Waals surface area contributed by atoms with Crippen molar-refractivity contribution in [3.05, 3.63) is 65.7 Å². The lowest BCUT2D eigenvalue weighted by molar-refractivity contribution is 0.249. The molecule has 2 amide bonds. The lowest BCUT2D eigenvalue weighted by Gasteiger charge is -2.27. The molecule has 0 aliphatic carbocycles. The minimum absolute atomic E-state index is 0.0684. The maximum Gasteiger partial charge on any atom is 0.320 e. The monoisotopic (exact) mass is 224 g/mol. The second-order valence-electron chi connectivity index (χ2n) is 4.03. The van der Waals surface area contributed by atoms with Crippen molar-refractivity contribution in [1.29, 1.82) is 0 Å². The minimum Gasteiger partial charge on any atom is -0.327 e. The molecule has 1 aliphatic heterocycles. The molecule has 2 N–H and O–H groups in total. The molecule has 1 heterocycles. The molecule has 3 heteroatoms. The molecule has 2 aromatic rings. The van der Waals surface area contributed by atoms with Crippen molar-refractivity contribution in [2.75, 3.05) is 5.32 Å². The summed E-state index contributed by atoms with van der Waals surface area (Å²) in [6, 6.07) is 17.6. The van der Waals surface area contributed by atoms with Gasteiger partial charge in [-0.2, -0.15) is 0 Å². The van der Waals surface area contributed by atoms with E-state index in [0.717, 1.165) is 16.8 Å². The summed E-state index contributed by atoms with van der Waals surface area (Å²) in [7, 11) is 0. The first kappa shape index (κ1) is 9.90. The number of para-hydroxylation sites is 1. The largest absolute Gasteiger partial charge is 0.327 e. The maximum atomic E-state index is 11.6. The van der Waals surface area contributed by atoms with Gasteiger partial charge >= 0.3 is 6.03 Å². The number of rotatable bonds is 1. The number of fused-ring (bicyclic) bond motifs is 1. The molecule has 2 aromatic carbocycles. The topological polar surface area (TPSA) is 41.1 Å². The van der Waals surface area contributed by atoms with Crippen molar-refractivity contribution in [3.63, 3.8) is 0 Å². The highest BCUT2D eigenvalue weighted by atomic mass is 16.2. The fourth-order valence-corrected chi connectivity index (χ4v) is 2.14. The van der Waals surface area contributed by atoms with E-state index in [9.17, 15) is 4.79 Å². The van der Waals surface area contributed by atoms with Gasteiger partial charge < -0.3 is 10.6 Å². The Balaban J connectivity index is 2.10. The Morgan fingerprint density at radius 1 is 0.882 bits per heavy atom. The van der Waals surface area contributed by atoms with Crippen LogP contribution in [0.5, 0.6) is 0 Å². The molecule has 0 bridgehead atoms. The highest BCUT2D eigenvalue weighted by molar-refractivity contribution is 5.93. The third-order valence-electron chi connectivity index (χ3n) is 2.93. The van der Waals surface area contributed by atoms with Crippen LogP contribution in [0.15, 0.2) is 54.6 Å². The Labute approximate surface area is 99.5 Å². The standard InChI is InChI=1S/C14H12N2O/c17-14-15-12-9-5-4-8-11(12)13(16-14)10-6-2-1-3-7-10/h1-9,13H,(H2,15,16,17)/t13-/m1/s1. The molecule has 1 atom stereocenters. The van der Waals surface area contributed by atoms with Crippen molar-refractivity contribution in [3.8, 4) is 0 Å². The van der Waals surface area contributed by atoms with E-state index in [1.54, 1.807) is 0 Å². The molecule has 17 heavy (non-hydrogen) atoms. The van der Waals surface area contributed by atoms with Gasteiger partial charge in [0.2, 0.25) is 0 Å². The number of carbonyl (C=O) groups is 1. The molecular weight excluding hydrogens is 212 g/mol. The van der Waals surface area contributed by atoms with E-state index < -0.39 is 0 Å². The van der Waals surface area contributed by atoms with Crippen molar-refractivity contribution in [2.24, 2.45) is 0 Å². The van der Waals surface area contributed by atoms with Gasteiger partial charge in [-0.3, -0.25) is 0 Å². The van der Waals surface area contributed by atoms with Crippen LogP contribution in [0.2, 0.25) is 0 Å². The van der Waals surface area contributed by atoms with Crippen LogP contribution in [0.3, 0.4) is 0 Å². The van der Waals surface area contributed by atoms with Crippen molar-refractivity contribution < 1.29 is 4.79 Å². The van der Waals surface area contributed by atoms with Crippen LogP contribution < -0.4 is 10.6 Å². The molecule has 84 valence electrons. The summed E-state index contributed by atoms with van der Waals surface area (Å²) < 4.78 is 0. The van der Waals surface area contributed by atoms with Gasteiger partial charge in [0, 0.05) is 11.3 Å². The van der Waals surface area contributed by atoms with Gasteiger partial charge in [0.1, 0.15) is 0 Å². The maximum absolute atomic E-state index is 11.6. The zero-order chi connectivity index (χ0) is 11.7. The zero-order valence-corrected chi connectivity index (χ0v) is 9.18. The molecule has 0 unspecified atom stereocenters. The summed E-state index contributed by atoms with van der Waals surface area (Å²) >= 11 is 0. The van der Waals surface area contributed by atoms with Crippen molar-refractivity contribution in [2.45, 2.75) is 6.04 Å². The number of benzene rings is 2. The third kappa shape index (κ3) is 1.76. The van der Waals surface area contributed by atoms with Crippen LogP contribution in [-0.4, -0.2) is 6.03 Å². The van der Waals surface area contributed by atoms with Gasteiger partial charge in [-0.05, 0) is 11.6 Å². The molecule has 0 saturated heterocycles. The van der Waals surface area contributed by atoms with E-state index >= 15 is 0 Å². The van der Waals surface area contributed by atoms with E-state index in [-0.39, 0.29) is 12.1 Å². The Morgan fingerprint density at radius 2 is 1.59 bits per heavy atom. The molecule has 3 rings (SSSR count). The van der Waals surface area contributed by atoms with Gasteiger partial charge in [-0.15, -0.1) is 0 Å². The molecule has 0 spiro atoms. The fraction of sp³-hybridized carbons (Fsp3) is 0.0714. The van der Waals surface area contributed by atoms with Crippen molar-refractivity contribution in [1.82, 2.24) is 5.32 Å². The van der Waals surface area contributed by atoms with Gasteiger partial charge in [0.05, 0.1) is 6.04 Å². The summed E-state index contributed by atoms with van der Waals surface area (Å²) in [5.74, 6) is 0. The average Bonchev–Trinajstić information content (AvgIpc) is 2.39. The fourth-order valence-electron chi connectivity index (χ4n) is 2.14. The second-order valence-corrected chi connectivity index (χ2v) is 4.03. The van der Waals surface area contributed by atoms with Crippen LogP contribution >= 0.6 is 0 Å². The van der Waals surface area contributed by atoms with E-state index in [4.69, 9.17) is 0 Å². The Kier molecular flexibility index (Phi) is 2.29. The average molecular weight is 224 g/mol. The highest BCUT2D eigenvalue weighted by Crippen LogP contribution is 2.30. The molecule has 1 aliphatic rings. The first-order valence-corrected chi connectivity index (χ1v) is 5.56. The van der Waals surface area contributed by atoms with Crippen molar-refractivity contribution >= 4 is 11.7 Å². The normalized spacial score (nSPS) is 17.9. The van der Waals surface area contributed by atoms with E-state index in [1.165, 1.54) is 0 Å². The Morgan fingerprint density at radius 3 is 2.41 bits per heavy atom. The molecule has 3 nitrogen and oxygen atoms in total. The van der Waals surface area contributed by atoms with Crippen LogP contribution in [0.1, 0.15) is 17.2 Å². The number of amides is 2. The lowest BCUT2D eigenvalue weighted by atomic mass is 9.96. The predicted octanol–water partition coefficient (Wildman–Crippen LogP) is 2.91. The number of carbonyl (C=O) groups excluding carboxylic acids is 1.